The maximum absolute atomic E-state index is 11.5. The smallest absolute Gasteiger partial charge is 0.318 e. The van der Waals surface area contributed by atoms with Crippen LogP contribution in [0, 0.1) is 0 Å². The molecule has 1 aromatic rings. The van der Waals surface area contributed by atoms with E-state index in [9.17, 15) is 9.90 Å². The fourth-order valence-corrected chi connectivity index (χ4v) is 2.37. The predicted molar refractivity (Wildman–Crippen MR) is 58.7 cm³/mol. The second-order valence-corrected chi connectivity index (χ2v) is 4.00. The van der Waals surface area contributed by atoms with Crippen LogP contribution in [-0.4, -0.2) is 11.1 Å². The summed E-state index contributed by atoms with van der Waals surface area (Å²) in [5.74, 6) is -0.736. The van der Waals surface area contributed by atoms with Crippen molar-refractivity contribution in [2.24, 2.45) is 0 Å². The Morgan fingerprint density at radius 1 is 1.33 bits per heavy atom. The Bertz CT molecular complexity index is 406. The van der Waals surface area contributed by atoms with Gasteiger partial charge in [-0.3, -0.25) is 4.79 Å². The Labute approximate surface area is 89.2 Å². The number of carboxylic acid groups (broad SMARTS) is 1. The van der Waals surface area contributed by atoms with E-state index in [0.717, 1.165) is 17.6 Å². The lowest BCUT2D eigenvalue weighted by Gasteiger charge is -2.26. The lowest BCUT2D eigenvalue weighted by Crippen LogP contribution is -2.34. The summed E-state index contributed by atoms with van der Waals surface area (Å²) in [5.41, 5.74) is 1.08. The molecule has 0 fully saturated rings. The van der Waals surface area contributed by atoms with Gasteiger partial charge in [-0.05, 0) is 25.3 Å². The highest BCUT2D eigenvalue weighted by Crippen LogP contribution is 2.41. The second kappa shape index (κ2) is 3.54. The molecule has 0 aliphatic heterocycles. The van der Waals surface area contributed by atoms with E-state index in [1.54, 1.807) is 0 Å². The van der Waals surface area contributed by atoms with Crippen LogP contribution < -0.4 is 0 Å². The Morgan fingerprint density at radius 3 is 2.47 bits per heavy atom. The van der Waals surface area contributed by atoms with E-state index in [2.05, 4.69) is 0 Å². The highest BCUT2D eigenvalue weighted by Gasteiger charge is 2.43. The molecular weight excluding hydrogens is 188 g/mol. The van der Waals surface area contributed by atoms with Crippen molar-refractivity contribution >= 4 is 5.97 Å². The zero-order valence-electron chi connectivity index (χ0n) is 8.73. The van der Waals surface area contributed by atoms with Crippen molar-refractivity contribution in [3.05, 3.63) is 47.5 Å². The summed E-state index contributed by atoms with van der Waals surface area (Å²) in [6.45, 7) is 1.91. The van der Waals surface area contributed by atoms with E-state index in [0.29, 0.717) is 6.42 Å². The average molecular weight is 202 g/mol. The first-order valence-electron chi connectivity index (χ1n) is 5.14. The van der Waals surface area contributed by atoms with Gasteiger partial charge in [0, 0.05) is 0 Å². The van der Waals surface area contributed by atoms with E-state index >= 15 is 0 Å². The van der Waals surface area contributed by atoms with Gasteiger partial charge in [0.2, 0.25) is 0 Å². The van der Waals surface area contributed by atoms with Gasteiger partial charge in [-0.25, -0.2) is 0 Å². The molecule has 2 rings (SSSR count). The largest absolute Gasteiger partial charge is 0.480 e. The van der Waals surface area contributed by atoms with Gasteiger partial charge in [0.05, 0.1) is 0 Å². The molecule has 2 nitrogen and oxygen atoms in total. The lowest BCUT2D eigenvalue weighted by atomic mass is 9.75. The van der Waals surface area contributed by atoms with Crippen molar-refractivity contribution in [1.29, 1.82) is 0 Å². The minimum Gasteiger partial charge on any atom is -0.480 e. The third kappa shape index (κ3) is 1.37. The third-order valence-electron chi connectivity index (χ3n) is 3.27. The van der Waals surface area contributed by atoms with Crippen molar-refractivity contribution in [1.82, 2.24) is 0 Å². The summed E-state index contributed by atoms with van der Waals surface area (Å²) >= 11 is 0. The number of carboxylic acids is 1. The van der Waals surface area contributed by atoms with Crippen LogP contribution in [0.4, 0.5) is 0 Å². The number of rotatable bonds is 2. The van der Waals surface area contributed by atoms with Gasteiger partial charge in [-0.2, -0.15) is 0 Å². The summed E-state index contributed by atoms with van der Waals surface area (Å²) in [6, 6.07) is 9.50. The fraction of sp³-hybridized carbons (Fsp3) is 0.308. The van der Waals surface area contributed by atoms with Gasteiger partial charge in [-0.15, -0.1) is 0 Å². The van der Waals surface area contributed by atoms with E-state index in [1.165, 1.54) is 0 Å². The van der Waals surface area contributed by atoms with Crippen LogP contribution in [0.3, 0.4) is 0 Å². The molecule has 0 saturated heterocycles. The van der Waals surface area contributed by atoms with Crippen LogP contribution in [0.15, 0.2) is 42.0 Å². The average Bonchev–Trinajstić information content (AvgIpc) is 2.62. The quantitative estimate of drug-likeness (QED) is 0.749. The number of benzene rings is 1. The Hall–Kier alpha value is -1.57. The molecule has 0 aromatic heterocycles. The number of hydrogen-bond acceptors (Lipinski definition) is 1. The van der Waals surface area contributed by atoms with Crippen LogP contribution in [-0.2, 0) is 10.2 Å². The number of allylic oxidation sites excluding steroid dienone is 1. The molecular formula is C13H14O2. The molecule has 1 aliphatic rings. The number of hydrogen-bond donors (Lipinski definition) is 1. The summed E-state index contributed by atoms with van der Waals surface area (Å²) in [4.78, 5) is 11.5. The molecule has 78 valence electrons. The van der Waals surface area contributed by atoms with Gasteiger partial charge in [-0.1, -0.05) is 42.0 Å². The zero-order chi connectivity index (χ0) is 10.9. The molecule has 0 unspecified atom stereocenters. The molecule has 1 atom stereocenters. The van der Waals surface area contributed by atoms with Crippen molar-refractivity contribution in [2.45, 2.75) is 25.2 Å². The van der Waals surface area contributed by atoms with Gasteiger partial charge in [0.25, 0.3) is 0 Å². The Kier molecular flexibility index (Phi) is 2.35. The molecule has 2 heteroatoms. The summed E-state index contributed by atoms with van der Waals surface area (Å²) in [6.07, 6.45) is 3.56. The monoisotopic (exact) mass is 202 g/mol. The normalized spacial score (nSPS) is 25.0. The molecule has 15 heavy (non-hydrogen) atoms. The molecule has 0 saturated carbocycles. The molecule has 1 aliphatic carbocycles. The first kappa shape index (κ1) is 9.97. The van der Waals surface area contributed by atoms with Crippen LogP contribution in [0.1, 0.15) is 25.3 Å². The van der Waals surface area contributed by atoms with Crippen molar-refractivity contribution in [3.8, 4) is 0 Å². The van der Waals surface area contributed by atoms with Gasteiger partial charge >= 0.3 is 5.97 Å². The first-order chi connectivity index (χ1) is 7.18. The van der Waals surface area contributed by atoms with Crippen molar-refractivity contribution in [2.75, 3.05) is 0 Å². The van der Waals surface area contributed by atoms with Crippen molar-refractivity contribution in [3.63, 3.8) is 0 Å². The molecule has 1 N–H and O–H groups in total. The Morgan fingerprint density at radius 2 is 2.00 bits per heavy atom. The van der Waals surface area contributed by atoms with E-state index < -0.39 is 11.4 Å². The predicted octanol–water partition coefficient (Wildman–Crippen LogP) is 2.75. The number of aliphatic carboxylic acids is 1. The zero-order valence-corrected chi connectivity index (χ0v) is 8.73. The maximum Gasteiger partial charge on any atom is 0.318 e. The highest BCUT2D eigenvalue weighted by atomic mass is 16.4. The lowest BCUT2D eigenvalue weighted by molar-refractivity contribution is -0.142. The minimum atomic E-state index is -0.777. The molecule has 0 bridgehead atoms. The van der Waals surface area contributed by atoms with E-state index in [4.69, 9.17) is 0 Å². The highest BCUT2D eigenvalue weighted by molar-refractivity contribution is 5.86. The van der Waals surface area contributed by atoms with Crippen LogP contribution in [0.25, 0.3) is 0 Å². The molecule has 0 radical (unpaired) electrons. The van der Waals surface area contributed by atoms with Crippen LogP contribution >= 0.6 is 0 Å². The van der Waals surface area contributed by atoms with Gasteiger partial charge in [0.15, 0.2) is 0 Å². The topological polar surface area (TPSA) is 37.3 Å². The van der Waals surface area contributed by atoms with E-state index in [-0.39, 0.29) is 0 Å². The molecule has 1 aromatic carbocycles. The molecule has 0 heterocycles. The third-order valence-corrected chi connectivity index (χ3v) is 3.27. The Balaban J connectivity index is 2.55. The second-order valence-electron chi connectivity index (χ2n) is 4.00. The van der Waals surface area contributed by atoms with Gasteiger partial charge in [0.1, 0.15) is 5.41 Å². The minimum absolute atomic E-state index is 0.679. The van der Waals surface area contributed by atoms with Crippen molar-refractivity contribution < 1.29 is 9.90 Å². The SMILES string of the molecule is CC1=CCC[C@@]1(C(=O)O)c1ccccc1. The van der Waals surface area contributed by atoms with Gasteiger partial charge < -0.3 is 5.11 Å². The summed E-state index contributed by atoms with van der Waals surface area (Å²) < 4.78 is 0. The molecule has 0 spiro atoms. The fourth-order valence-electron chi connectivity index (χ4n) is 2.37. The number of carbonyl (C=O) groups is 1. The maximum atomic E-state index is 11.5. The first-order valence-corrected chi connectivity index (χ1v) is 5.14. The standard InChI is InChI=1S/C13H14O2/c1-10-6-5-9-13(10,12(14)15)11-7-3-2-4-8-11/h2-4,6-8H,5,9H2,1H3,(H,14,15)/t13-/m0/s1. The van der Waals surface area contributed by atoms with Crippen LogP contribution in [0.5, 0.6) is 0 Å². The molecule has 0 amide bonds. The summed E-state index contributed by atoms with van der Waals surface area (Å²) in [7, 11) is 0. The van der Waals surface area contributed by atoms with Crippen LogP contribution in [0.2, 0.25) is 0 Å². The summed E-state index contributed by atoms with van der Waals surface area (Å²) in [5, 5.41) is 9.45. The van der Waals surface area contributed by atoms with E-state index in [1.807, 2.05) is 43.3 Å².